The van der Waals surface area contributed by atoms with Gasteiger partial charge < -0.3 is 10.1 Å². The summed E-state index contributed by atoms with van der Waals surface area (Å²) < 4.78 is 5.32. The molecule has 2 rings (SSSR count). The highest BCUT2D eigenvalue weighted by Gasteiger charge is 2.34. The Kier molecular flexibility index (Phi) is 4.60. The minimum absolute atomic E-state index is 0.452. The summed E-state index contributed by atoms with van der Waals surface area (Å²) in [6, 6.07) is 5.40. The summed E-state index contributed by atoms with van der Waals surface area (Å²) in [4.78, 5) is 1.48. The number of thiophene rings is 1. The first-order valence-corrected chi connectivity index (χ1v) is 7.38. The molecule has 0 saturated heterocycles. The van der Waals surface area contributed by atoms with E-state index in [2.05, 4.69) is 36.7 Å². The summed E-state index contributed by atoms with van der Waals surface area (Å²) in [5.41, 5.74) is 0. The second-order valence-corrected chi connectivity index (χ2v) is 6.28. The summed E-state index contributed by atoms with van der Waals surface area (Å²) in [5.74, 6) is 1.45. The predicted octanol–water partition coefficient (Wildman–Crippen LogP) is 3.46. The average Bonchev–Trinajstić information content (AvgIpc) is 2.99. The van der Waals surface area contributed by atoms with Crippen LogP contribution in [-0.2, 0) is 4.74 Å². The number of methoxy groups -OCH3 is 1. The molecule has 1 heterocycles. The maximum absolute atomic E-state index is 5.32. The second-order valence-electron chi connectivity index (χ2n) is 5.30. The maximum atomic E-state index is 5.32. The largest absolute Gasteiger partial charge is 0.383 e. The highest BCUT2D eigenvalue weighted by atomic mass is 32.1. The average molecular weight is 253 g/mol. The van der Waals surface area contributed by atoms with E-state index in [-0.39, 0.29) is 0 Å². The molecule has 0 spiro atoms. The zero-order chi connectivity index (χ0) is 12.3. The van der Waals surface area contributed by atoms with Gasteiger partial charge in [-0.05, 0) is 36.1 Å². The highest BCUT2D eigenvalue weighted by Crippen LogP contribution is 2.42. The molecule has 0 amide bonds. The van der Waals surface area contributed by atoms with Gasteiger partial charge in [-0.3, -0.25) is 0 Å². The van der Waals surface area contributed by atoms with Crippen molar-refractivity contribution in [2.75, 3.05) is 13.7 Å². The second kappa shape index (κ2) is 5.98. The van der Waals surface area contributed by atoms with E-state index in [1.165, 1.54) is 17.7 Å². The van der Waals surface area contributed by atoms with E-state index in [1.54, 1.807) is 7.11 Å². The van der Waals surface area contributed by atoms with Crippen molar-refractivity contribution < 1.29 is 4.74 Å². The van der Waals surface area contributed by atoms with Crippen molar-refractivity contribution in [3.8, 4) is 0 Å². The molecule has 0 bridgehead atoms. The van der Waals surface area contributed by atoms with E-state index >= 15 is 0 Å². The molecule has 96 valence electrons. The Morgan fingerprint density at radius 3 is 2.71 bits per heavy atom. The zero-order valence-corrected chi connectivity index (χ0v) is 11.8. The molecule has 1 aromatic heterocycles. The molecule has 2 nitrogen and oxygen atoms in total. The first kappa shape index (κ1) is 13.1. The van der Waals surface area contributed by atoms with Gasteiger partial charge in [0.05, 0.1) is 6.61 Å². The molecule has 17 heavy (non-hydrogen) atoms. The normalized spacial score (nSPS) is 19.5. The van der Waals surface area contributed by atoms with Crippen molar-refractivity contribution in [1.82, 2.24) is 5.32 Å². The molecule has 1 aromatic rings. The van der Waals surface area contributed by atoms with Crippen LogP contribution < -0.4 is 5.32 Å². The van der Waals surface area contributed by atoms with Crippen LogP contribution in [0.3, 0.4) is 0 Å². The molecule has 1 N–H and O–H groups in total. The lowest BCUT2D eigenvalue weighted by atomic mass is 10.0. The Bertz CT molecular complexity index is 319. The Labute approximate surface area is 108 Å². The minimum Gasteiger partial charge on any atom is -0.383 e. The molecule has 2 unspecified atom stereocenters. The van der Waals surface area contributed by atoms with Gasteiger partial charge in [0.1, 0.15) is 0 Å². The molecule has 0 aromatic carbocycles. The summed E-state index contributed by atoms with van der Waals surface area (Å²) in [6.45, 7) is 5.32. The van der Waals surface area contributed by atoms with Crippen molar-refractivity contribution in [2.24, 2.45) is 11.8 Å². The van der Waals surface area contributed by atoms with Gasteiger partial charge in [-0.25, -0.2) is 0 Å². The molecular weight excluding hydrogens is 230 g/mol. The van der Waals surface area contributed by atoms with E-state index in [9.17, 15) is 0 Å². The highest BCUT2D eigenvalue weighted by molar-refractivity contribution is 7.10. The van der Waals surface area contributed by atoms with E-state index in [0.717, 1.165) is 12.5 Å². The monoisotopic (exact) mass is 253 g/mol. The van der Waals surface area contributed by atoms with Crippen LogP contribution in [0.5, 0.6) is 0 Å². The molecule has 2 atom stereocenters. The van der Waals surface area contributed by atoms with Crippen LogP contribution in [0.1, 0.15) is 37.6 Å². The molecule has 1 fully saturated rings. The van der Waals surface area contributed by atoms with E-state index in [0.29, 0.717) is 18.0 Å². The number of nitrogens with one attached hydrogen (secondary N) is 1. The SMILES string of the molecule is COCC(NC(c1cccs1)C1CC1)C(C)C. The number of hydrogen-bond donors (Lipinski definition) is 1. The number of ether oxygens (including phenoxy) is 1. The quantitative estimate of drug-likeness (QED) is 0.803. The maximum Gasteiger partial charge on any atom is 0.0618 e. The van der Waals surface area contributed by atoms with Gasteiger partial charge in [0.25, 0.3) is 0 Å². The van der Waals surface area contributed by atoms with Crippen molar-refractivity contribution >= 4 is 11.3 Å². The summed E-state index contributed by atoms with van der Waals surface area (Å²) in [5, 5.41) is 5.98. The topological polar surface area (TPSA) is 21.3 Å². The van der Waals surface area contributed by atoms with Crippen LogP contribution >= 0.6 is 11.3 Å². The third kappa shape index (κ3) is 3.54. The Morgan fingerprint density at radius 1 is 1.47 bits per heavy atom. The number of rotatable bonds is 7. The molecule has 0 radical (unpaired) electrons. The Hall–Kier alpha value is -0.380. The lowest BCUT2D eigenvalue weighted by Gasteiger charge is -2.27. The number of hydrogen-bond acceptors (Lipinski definition) is 3. The molecule has 0 aliphatic heterocycles. The van der Waals surface area contributed by atoms with E-state index in [4.69, 9.17) is 4.74 Å². The fourth-order valence-electron chi connectivity index (χ4n) is 2.19. The molecule has 1 aliphatic carbocycles. The van der Waals surface area contributed by atoms with Crippen molar-refractivity contribution in [3.63, 3.8) is 0 Å². The van der Waals surface area contributed by atoms with Gasteiger partial charge in [-0.1, -0.05) is 19.9 Å². The smallest absolute Gasteiger partial charge is 0.0618 e. The van der Waals surface area contributed by atoms with Crippen LogP contribution in [0, 0.1) is 11.8 Å². The summed E-state index contributed by atoms with van der Waals surface area (Å²) >= 11 is 1.87. The van der Waals surface area contributed by atoms with Crippen molar-refractivity contribution in [3.05, 3.63) is 22.4 Å². The van der Waals surface area contributed by atoms with Crippen LogP contribution in [0.25, 0.3) is 0 Å². The first-order chi connectivity index (χ1) is 8.22. The van der Waals surface area contributed by atoms with Gasteiger partial charge in [0.15, 0.2) is 0 Å². The predicted molar refractivity (Wildman–Crippen MR) is 73.4 cm³/mol. The van der Waals surface area contributed by atoms with Gasteiger partial charge in [0, 0.05) is 24.1 Å². The van der Waals surface area contributed by atoms with Crippen molar-refractivity contribution in [1.29, 1.82) is 0 Å². The lowest BCUT2D eigenvalue weighted by molar-refractivity contribution is 0.138. The molecule has 1 aliphatic rings. The van der Waals surface area contributed by atoms with Gasteiger partial charge in [0.2, 0.25) is 0 Å². The van der Waals surface area contributed by atoms with Gasteiger partial charge >= 0.3 is 0 Å². The van der Waals surface area contributed by atoms with Crippen LogP contribution in [-0.4, -0.2) is 19.8 Å². The zero-order valence-electron chi connectivity index (χ0n) is 11.0. The first-order valence-electron chi connectivity index (χ1n) is 6.50. The summed E-state index contributed by atoms with van der Waals surface area (Å²) in [6.07, 6.45) is 2.74. The third-order valence-electron chi connectivity index (χ3n) is 3.49. The third-order valence-corrected chi connectivity index (χ3v) is 4.44. The Balaban J connectivity index is 2.01. The molecular formula is C14H23NOS. The Morgan fingerprint density at radius 2 is 2.24 bits per heavy atom. The van der Waals surface area contributed by atoms with E-state index in [1.807, 2.05) is 11.3 Å². The fourth-order valence-corrected chi connectivity index (χ4v) is 3.07. The van der Waals surface area contributed by atoms with Gasteiger partial charge in [-0.2, -0.15) is 0 Å². The minimum atomic E-state index is 0.452. The fraction of sp³-hybridized carbons (Fsp3) is 0.714. The van der Waals surface area contributed by atoms with E-state index < -0.39 is 0 Å². The van der Waals surface area contributed by atoms with Crippen LogP contribution in [0.2, 0.25) is 0 Å². The van der Waals surface area contributed by atoms with Crippen molar-refractivity contribution in [2.45, 2.75) is 38.8 Å². The molecule has 1 saturated carbocycles. The standard InChI is InChI=1S/C14H23NOS/c1-10(2)12(9-16-3)15-14(11-6-7-11)13-5-4-8-17-13/h4-5,8,10-12,14-15H,6-7,9H2,1-3H3. The molecule has 3 heteroatoms. The van der Waals surface area contributed by atoms with Crippen LogP contribution in [0.15, 0.2) is 17.5 Å². The lowest BCUT2D eigenvalue weighted by Crippen LogP contribution is -2.40. The van der Waals surface area contributed by atoms with Gasteiger partial charge in [-0.15, -0.1) is 11.3 Å². The van der Waals surface area contributed by atoms with Crippen LogP contribution in [0.4, 0.5) is 0 Å². The summed E-state index contributed by atoms with van der Waals surface area (Å²) in [7, 11) is 1.79.